The molecule has 0 unspecified atom stereocenters. The van der Waals surface area contributed by atoms with Crippen molar-refractivity contribution in [3.8, 4) is 5.75 Å². The van der Waals surface area contributed by atoms with Gasteiger partial charge >= 0.3 is 12.1 Å². The first-order valence-corrected chi connectivity index (χ1v) is 12.2. The number of nitrogens with two attached hydrogens (primary N) is 1. The molecule has 1 amide bonds. The van der Waals surface area contributed by atoms with Crippen molar-refractivity contribution in [3.05, 3.63) is 65.2 Å². The summed E-state index contributed by atoms with van der Waals surface area (Å²) in [5, 5.41) is 0. The molecule has 2 aromatic rings. The molecule has 0 saturated carbocycles. The van der Waals surface area contributed by atoms with Crippen molar-refractivity contribution >= 4 is 11.9 Å². The van der Waals surface area contributed by atoms with Gasteiger partial charge in [-0.2, -0.15) is 13.2 Å². The number of ether oxygens (including phenoxy) is 3. The molecule has 0 aliphatic carbocycles. The highest BCUT2D eigenvalue weighted by Crippen LogP contribution is 2.39. The van der Waals surface area contributed by atoms with E-state index in [0.717, 1.165) is 30.4 Å². The van der Waals surface area contributed by atoms with Crippen LogP contribution in [0, 0.1) is 6.92 Å². The van der Waals surface area contributed by atoms with E-state index in [1.807, 2.05) is 31.2 Å². The molecule has 10 heteroatoms. The van der Waals surface area contributed by atoms with E-state index in [4.69, 9.17) is 15.2 Å². The van der Waals surface area contributed by atoms with Crippen LogP contribution in [-0.4, -0.2) is 55.5 Å². The van der Waals surface area contributed by atoms with Gasteiger partial charge in [0.05, 0.1) is 20.2 Å². The number of esters is 1. The van der Waals surface area contributed by atoms with E-state index in [0.29, 0.717) is 17.9 Å². The number of hydrogen-bond acceptors (Lipinski definition) is 6. The molecule has 3 rings (SSSR count). The van der Waals surface area contributed by atoms with Crippen molar-refractivity contribution in [2.45, 2.75) is 57.0 Å². The smallest absolute Gasteiger partial charge is 0.491 e. The standard InChI is InChI=1S/C27H33F3N2O5/c1-4-5-8-15-36-25(22-10-7-6-9-19(22)2)17-32(18-25)23(33)26(31,37-24(34)27(28,29)30)16-20-11-13-21(35-3)14-12-20/h6-7,9-14H,4-5,8,15-18,31H2,1-3H3/t26-/m1/s1. The average molecular weight is 523 g/mol. The molecule has 0 bridgehead atoms. The molecular weight excluding hydrogens is 489 g/mol. The lowest BCUT2D eigenvalue weighted by Crippen LogP contribution is -2.70. The topological polar surface area (TPSA) is 91.1 Å². The lowest BCUT2D eigenvalue weighted by Gasteiger charge is -2.52. The molecule has 1 aliphatic heterocycles. The van der Waals surface area contributed by atoms with Gasteiger partial charge < -0.3 is 19.1 Å². The molecule has 1 saturated heterocycles. The maximum Gasteiger partial charge on any atom is 0.491 e. The highest BCUT2D eigenvalue weighted by molar-refractivity contribution is 5.89. The minimum absolute atomic E-state index is 0.0634. The second-order valence-electron chi connectivity index (χ2n) is 9.33. The molecule has 0 spiro atoms. The Kier molecular flexibility index (Phi) is 8.86. The van der Waals surface area contributed by atoms with Crippen molar-refractivity contribution < 1.29 is 37.0 Å². The number of alkyl halides is 3. The monoisotopic (exact) mass is 522 g/mol. The van der Waals surface area contributed by atoms with E-state index >= 15 is 0 Å². The summed E-state index contributed by atoms with van der Waals surface area (Å²) in [7, 11) is 1.46. The van der Waals surface area contributed by atoms with Gasteiger partial charge in [-0.05, 0) is 42.2 Å². The Labute approximate surface area is 214 Å². The molecule has 2 aromatic carbocycles. The zero-order valence-electron chi connectivity index (χ0n) is 21.3. The number of carbonyl (C=O) groups is 2. The molecule has 37 heavy (non-hydrogen) atoms. The highest BCUT2D eigenvalue weighted by atomic mass is 19.4. The molecule has 1 aliphatic rings. The second kappa shape index (κ2) is 11.5. The molecule has 202 valence electrons. The lowest BCUT2D eigenvalue weighted by atomic mass is 9.82. The van der Waals surface area contributed by atoms with Crippen molar-refractivity contribution in [2.75, 3.05) is 26.8 Å². The fourth-order valence-electron chi connectivity index (χ4n) is 4.45. The van der Waals surface area contributed by atoms with E-state index < -0.39 is 35.8 Å². The van der Waals surface area contributed by atoms with Crippen LogP contribution < -0.4 is 10.5 Å². The normalized spacial score (nSPS) is 16.5. The third kappa shape index (κ3) is 6.61. The molecule has 1 atom stereocenters. The van der Waals surface area contributed by atoms with Gasteiger partial charge in [0.25, 0.3) is 5.91 Å². The quantitative estimate of drug-likeness (QED) is 0.270. The SMILES string of the molecule is CCCCCOC1(c2ccccc2C)CN(C(=O)[C@@](N)(Cc2ccc(OC)cc2)OC(=O)C(F)(F)F)C1. The summed E-state index contributed by atoms with van der Waals surface area (Å²) < 4.78 is 55.2. The Hall–Kier alpha value is -3.11. The predicted molar refractivity (Wildman–Crippen MR) is 131 cm³/mol. The van der Waals surface area contributed by atoms with Crippen LogP contribution in [0.4, 0.5) is 13.2 Å². The largest absolute Gasteiger partial charge is 0.497 e. The summed E-state index contributed by atoms with van der Waals surface area (Å²) >= 11 is 0. The van der Waals surface area contributed by atoms with Crippen LogP contribution in [-0.2, 0) is 31.1 Å². The van der Waals surface area contributed by atoms with Gasteiger partial charge in [0.2, 0.25) is 5.72 Å². The first kappa shape index (κ1) is 28.5. The first-order chi connectivity index (χ1) is 17.4. The number of likely N-dealkylation sites (tertiary alicyclic amines) is 1. The predicted octanol–water partition coefficient (Wildman–Crippen LogP) is 4.25. The first-order valence-electron chi connectivity index (χ1n) is 12.2. The minimum Gasteiger partial charge on any atom is -0.497 e. The van der Waals surface area contributed by atoms with Crippen molar-refractivity contribution in [1.29, 1.82) is 0 Å². The number of benzene rings is 2. The van der Waals surface area contributed by atoms with Crippen LogP contribution in [0.3, 0.4) is 0 Å². The summed E-state index contributed by atoms with van der Waals surface area (Å²) in [5.41, 5.74) is 4.99. The minimum atomic E-state index is -5.31. The number of nitrogens with zero attached hydrogens (tertiary/aromatic N) is 1. The molecule has 0 radical (unpaired) electrons. The van der Waals surface area contributed by atoms with Crippen molar-refractivity contribution in [3.63, 3.8) is 0 Å². The van der Waals surface area contributed by atoms with Gasteiger partial charge in [0.1, 0.15) is 11.4 Å². The summed E-state index contributed by atoms with van der Waals surface area (Å²) in [5.74, 6) is -2.95. The van der Waals surface area contributed by atoms with Gasteiger partial charge in [-0.1, -0.05) is 56.2 Å². The van der Waals surface area contributed by atoms with Crippen LogP contribution in [0.15, 0.2) is 48.5 Å². The maximum atomic E-state index is 13.5. The third-order valence-electron chi connectivity index (χ3n) is 6.44. The Morgan fingerprint density at radius 1 is 1.05 bits per heavy atom. The Balaban J connectivity index is 1.86. The van der Waals surface area contributed by atoms with Crippen LogP contribution in [0.1, 0.15) is 42.9 Å². The van der Waals surface area contributed by atoms with Gasteiger partial charge in [-0.25, -0.2) is 4.79 Å². The summed E-state index contributed by atoms with van der Waals surface area (Å²) in [6.07, 6.45) is -2.94. The molecular formula is C27H33F3N2O5. The van der Waals surface area contributed by atoms with Gasteiger partial charge in [-0.15, -0.1) is 0 Å². The van der Waals surface area contributed by atoms with Gasteiger partial charge in [-0.3, -0.25) is 10.5 Å². The summed E-state index contributed by atoms with van der Waals surface area (Å²) in [6, 6.07) is 13.8. The van der Waals surface area contributed by atoms with Crippen LogP contribution in [0.5, 0.6) is 5.75 Å². The molecule has 1 heterocycles. The average Bonchev–Trinajstić information content (AvgIpc) is 2.83. The fourth-order valence-corrected chi connectivity index (χ4v) is 4.45. The molecule has 1 fully saturated rings. The van der Waals surface area contributed by atoms with E-state index in [2.05, 4.69) is 11.7 Å². The van der Waals surface area contributed by atoms with Crippen molar-refractivity contribution in [2.24, 2.45) is 5.73 Å². The number of aryl methyl sites for hydroxylation is 1. The van der Waals surface area contributed by atoms with E-state index in [1.165, 1.54) is 12.0 Å². The third-order valence-corrected chi connectivity index (χ3v) is 6.44. The number of methoxy groups -OCH3 is 1. The number of carbonyl (C=O) groups excluding carboxylic acids is 2. The Morgan fingerprint density at radius 2 is 1.70 bits per heavy atom. The van der Waals surface area contributed by atoms with E-state index in [9.17, 15) is 22.8 Å². The number of rotatable bonds is 11. The zero-order valence-corrected chi connectivity index (χ0v) is 21.3. The van der Waals surface area contributed by atoms with Crippen LogP contribution in [0.25, 0.3) is 0 Å². The number of hydrogen-bond donors (Lipinski definition) is 1. The lowest BCUT2D eigenvalue weighted by molar-refractivity contribution is -0.221. The second-order valence-corrected chi connectivity index (χ2v) is 9.33. The van der Waals surface area contributed by atoms with Gasteiger partial charge in [0.15, 0.2) is 0 Å². The maximum absolute atomic E-state index is 13.5. The highest BCUT2D eigenvalue weighted by Gasteiger charge is 2.55. The van der Waals surface area contributed by atoms with Gasteiger partial charge in [0, 0.05) is 13.0 Å². The van der Waals surface area contributed by atoms with E-state index in [-0.39, 0.29) is 13.1 Å². The van der Waals surface area contributed by atoms with Crippen LogP contribution in [0.2, 0.25) is 0 Å². The van der Waals surface area contributed by atoms with E-state index in [1.54, 1.807) is 24.3 Å². The molecule has 2 N–H and O–H groups in total. The zero-order chi connectivity index (χ0) is 27.3. The number of halogens is 3. The van der Waals surface area contributed by atoms with Crippen LogP contribution >= 0.6 is 0 Å². The Morgan fingerprint density at radius 3 is 2.27 bits per heavy atom. The summed E-state index contributed by atoms with van der Waals surface area (Å²) in [6.45, 7) is 4.60. The number of amides is 1. The fraction of sp³-hybridized carbons (Fsp3) is 0.481. The summed E-state index contributed by atoms with van der Waals surface area (Å²) in [4.78, 5) is 26.5. The molecule has 7 nitrogen and oxygen atoms in total. The number of unbranched alkanes of at least 4 members (excludes halogenated alkanes) is 2. The van der Waals surface area contributed by atoms with Crippen molar-refractivity contribution in [1.82, 2.24) is 4.90 Å². The molecule has 0 aromatic heterocycles. The Bertz CT molecular complexity index is 1080.